The fourth-order valence-corrected chi connectivity index (χ4v) is 2.25. The molecular formula is C25H46N4O9. The Bertz CT molecular complexity index is 813. The van der Waals surface area contributed by atoms with Crippen molar-refractivity contribution in [2.75, 3.05) is 13.2 Å². The van der Waals surface area contributed by atoms with Crippen LogP contribution in [0.2, 0.25) is 0 Å². The van der Waals surface area contributed by atoms with E-state index in [-0.39, 0.29) is 25.0 Å². The second-order valence-corrected chi connectivity index (χ2v) is 12.7. The maximum absolute atomic E-state index is 12.6. The van der Waals surface area contributed by atoms with Crippen LogP contribution in [0.4, 0.5) is 14.4 Å². The largest absolute Gasteiger partial charge is 0.464 e. The van der Waals surface area contributed by atoms with E-state index < -0.39 is 53.1 Å². The highest BCUT2D eigenvalue weighted by atomic mass is 16.6. The molecule has 0 aliphatic heterocycles. The normalized spacial score (nSPS) is 12.8. The Balaban J connectivity index is 5.45. The van der Waals surface area contributed by atoms with Crippen LogP contribution in [0.1, 0.15) is 89.5 Å². The minimum absolute atomic E-state index is 0.0577. The third kappa shape index (κ3) is 19.9. The lowest BCUT2D eigenvalue weighted by Crippen LogP contribution is -2.47. The van der Waals surface area contributed by atoms with Gasteiger partial charge in [0.1, 0.15) is 29.5 Å². The Kier molecular flexibility index (Phi) is 12.9. The number of hydrogen-bond acceptors (Lipinski definition) is 10. The fraction of sp³-hybridized carbons (Fsp3) is 0.800. The predicted molar refractivity (Wildman–Crippen MR) is 140 cm³/mol. The first kappa shape index (κ1) is 34.8. The van der Waals surface area contributed by atoms with Crippen LogP contribution in [-0.4, -0.2) is 66.3 Å². The van der Waals surface area contributed by atoms with Crippen LogP contribution in [0.3, 0.4) is 0 Å². The van der Waals surface area contributed by atoms with Crippen molar-refractivity contribution in [1.82, 2.24) is 16.0 Å². The fourth-order valence-electron chi connectivity index (χ4n) is 2.25. The highest BCUT2D eigenvalue weighted by Gasteiger charge is 2.27. The molecule has 0 radical (unpaired) electrons. The van der Waals surface area contributed by atoms with Crippen LogP contribution < -0.4 is 16.0 Å². The van der Waals surface area contributed by atoms with E-state index in [1.54, 1.807) is 62.3 Å². The molecule has 0 aliphatic carbocycles. The zero-order valence-corrected chi connectivity index (χ0v) is 24.8. The van der Waals surface area contributed by atoms with E-state index in [2.05, 4.69) is 21.1 Å². The van der Waals surface area contributed by atoms with Gasteiger partial charge in [0.15, 0.2) is 0 Å². The summed E-state index contributed by atoms with van der Waals surface area (Å²) < 4.78 is 20.9. The van der Waals surface area contributed by atoms with Crippen molar-refractivity contribution >= 4 is 30.2 Å². The third-order valence-corrected chi connectivity index (χ3v) is 3.52. The lowest BCUT2D eigenvalue weighted by Gasteiger charge is -2.24. The summed E-state index contributed by atoms with van der Waals surface area (Å²) in [7, 11) is 0. The third-order valence-electron chi connectivity index (χ3n) is 3.52. The Morgan fingerprint density at radius 2 is 1.11 bits per heavy atom. The van der Waals surface area contributed by atoms with Crippen molar-refractivity contribution in [3.05, 3.63) is 0 Å². The molecule has 0 spiro atoms. The van der Waals surface area contributed by atoms with Crippen molar-refractivity contribution in [2.45, 2.75) is 112 Å². The van der Waals surface area contributed by atoms with Gasteiger partial charge in [0.05, 0.1) is 6.61 Å². The van der Waals surface area contributed by atoms with Gasteiger partial charge in [0.2, 0.25) is 0 Å². The quantitative estimate of drug-likeness (QED) is 0.106. The summed E-state index contributed by atoms with van der Waals surface area (Å²) in [5, 5.41) is 10.7. The highest BCUT2D eigenvalue weighted by molar-refractivity contribution is 6.01. The maximum Gasteiger partial charge on any atom is 0.414 e. The second-order valence-electron chi connectivity index (χ2n) is 12.7. The van der Waals surface area contributed by atoms with E-state index in [4.69, 9.17) is 23.8 Å². The molecule has 13 nitrogen and oxygen atoms in total. The molecule has 0 fully saturated rings. The number of carbonyl (C=O) groups is 4. The van der Waals surface area contributed by atoms with E-state index in [0.29, 0.717) is 0 Å². The van der Waals surface area contributed by atoms with Crippen LogP contribution in [0.5, 0.6) is 0 Å². The van der Waals surface area contributed by atoms with E-state index in [9.17, 15) is 19.2 Å². The Labute approximate surface area is 225 Å². The standard InChI is InChI=1S/C25H46N4O9/c1-22(2,3)15-34-17(30)16(26-19(31)36-23(4,5)6)13-14-35-29-18(27-20(32)37-24(7,8)9)28-21(33)38-25(10,11)12/h16H,13-15H2,1-12H3,(H,26,31)(H2,27,28,29,32,33). The minimum Gasteiger partial charge on any atom is -0.464 e. The topological polar surface area (TPSA) is 163 Å². The predicted octanol–water partition coefficient (Wildman–Crippen LogP) is 4.20. The number of nitrogens with zero attached hydrogens (tertiary/aromatic N) is 1. The molecule has 0 aromatic carbocycles. The molecule has 0 rings (SSSR count). The molecule has 13 heteroatoms. The van der Waals surface area contributed by atoms with E-state index in [1.165, 1.54) is 0 Å². The van der Waals surface area contributed by atoms with Crippen molar-refractivity contribution in [1.29, 1.82) is 0 Å². The zero-order chi connectivity index (χ0) is 29.9. The number of esters is 1. The van der Waals surface area contributed by atoms with Crippen LogP contribution in [-0.2, 0) is 28.6 Å². The summed E-state index contributed by atoms with van der Waals surface area (Å²) in [6, 6.07) is -1.11. The van der Waals surface area contributed by atoms with E-state index in [0.717, 1.165) is 0 Å². The van der Waals surface area contributed by atoms with Crippen LogP contribution in [0.25, 0.3) is 0 Å². The van der Waals surface area contributed by atoms with Gasteiger partial charge in [-0.05, 0) is 72.9 Å². The number of ether oxygens (including phenoxy) is 4. The average molecular weight is 547 g/mol. The smallest absolute Gasteiger partial charge is 0.414 e. The number of hydrogen-bond donors (Lipinski definition) is 3. The molecule has 1 atom stereocenters. The van der Waals surface area contributed by atoms with Crippen molar-refractivity contribution in [3.63, 3.8) is 0 Å². The first-order chi connectivity index (χ1) is 17.0. The number of nitrogens with one attached hydrogen (secondary N) is 3. The van der Waals surface area contributed by atoms with Gasteiger partial charge in [0.25, 0.3) is 5.96 Å². The Morgan fingerprint density at radius 1 is 0.684 bits per heavy atom. The summed E-state index contributed by atoms with van der Waals surface area (Å²) in [6.45, 7) is 20.7. The summed E-state index contributed by atoms with van der Waals surface area (Å²) >= 11 is 0. The summed E-state index contributed by atoms with van der Waals surface area (Å²) in [5.74, 6) is -1.09. The molecule has 0 saturated heterocycles. The second kappa shape index (κ2) is 14.1. The van der Waals surface area contributed by atoms with Crippen LogP contribution in [0, 0.1) is 5.41 Å². The molecule has 3 N–H and O–H groups in total. The van der Waals surface area contributed by atoms with Crippen LogP contribution in [0.15, 0.2) is 5.16 Å². The van der Waals surface area contributed by atoms with Crippen molar-refractivity contribution in [3.8, 4) is 0 Å². The SMILES string of the molecule is CC(C)(C)COC(=O)C(CCON=C(NC(=O)OC(C)(C)C)NC(=O)OC(C)(C)C)NC(=O)OC(C)(C)C. The average Bonchev–Trinajstić information content (AvgIpc) is 2.63. The number of guanidine groups is 1. The lowest BCUT2D eigenvalue weighted by atomic mass is 9.99. The Morgan fingerprint density at radius 3 is 1.50 bits per heavy atom. The number of amides is 3. The molecule has 0 aromatic heterocycles. The van der Waals surface area contributed by atoms with Gasteiger partial charge in [-0.3, -0.25) is 10.6 Å². The molecule has 0 heterocycles. The van der Waals surface area contributed by atoms with Gasteiger partial charge < -0.3 is 29.1 Å². The molecule has 220 valence electrons. The summed E-state index contributed by atoms with van der Waals surface area (Å²) in [4.78, 5) is 54.5. The summed E-state index contributed by atoms with van der Waals surface area (Å²) in [5.41, 5.74) is -2.69. The van der Waals surface area contributed by atoms with Gasteiger partial charge in [-0.1, -0.05) is 20.8 Å². The zero-order valence-electron chi connectivity index (χ0n) is 24.8. The molecule has 0 saturated carbocycles. The van der Waals surface area contributed by atoms with Crippen molar-refractivity contribution < 1.29 is 43.0 Å². The molecule has 0 bridgehead atoms. The first-order valence-electron chi connectivity index (χ1n) is 12.3. The summed E-state index contributed by atoms with van der Waals surface area (Å²) in [6.07, 6.45) is -2.66. The molecule has 0 aromatic rings. The molecule has 0 aliphatic rings. The minimum atomic E-state index is -1.11. The first-order valence-corrected chi connectivity index (χ1v) is 12.3. The number of carbonyl (C=O) groups excluding carboxylic acids is 4. The number of alkyl carbamates (subject to hydrolysis) is 3. The van der Waals surface area contributed by atoms with Gasteiger partial charge in [-0.25, -0.2) is 19.2 Å². The monoisotopic (exact) mass is 546 g/mol. The van der Waals surface area contributed by atoms with Gasteiger partial charge >= 0.3 is 24.2 Å². The van der Waals surface area contributed by atoms with Crippen LogP contribution >= 0.6 is 0 Å². The number of rotatable bonds is 7. The molecular weight excluding hydrogens is 500 g/mol. The van der Waals surface area contributed by atoms with Gasteiger partial charge in [0, 0.05) is 6.42 Å². The van der Waals surface area contributed by atoms with Crippen molar-refractivity contribution in [2.24, 2.45) is 10.6 Å². The Hall–Kier alpha value is -3.25. The lowest BCUT2D eigenvalue weighted by molar-refractivity contribution is -0.149. The van der Waals surface area contributed by atoms with E-state index in [1.807, 2.05) is 20.8 Å². The highest BCUT2D eigenvalue weighted by Crippen LogP contribution is 2.14. The van der Waals surface area contributed by atoms with Gasteiger partial charge in [-0.15, -0.1) is 0 Å². The maximum atomic E-state index is 12.6. The van der Waals surface area contributed by atoms with E-state index >= 15 is 0 Å². The molecule has 1 unspecified atom stereocenters. The molecule has 3 amide bonds. The van der Waals surface area contributed by atoms with Gasteiger partial charge in [-0.2, -0.15) is 0 Å². The number of oxime groups is 1. The molecule has 38 heavy (non-hydrogen) atoms.